The van der Waals surface area contributed by atoms with Crippen molar-refractivity contribution in [2.75, 3.05) is 0 Å². The van der Waals surface area contributed by atoms with Gasteiger partial charge >= 0.3 is 0 Å². The van der Waals surface area contributed by atoms with Gasteiger partial charge in [-0.15, -0.1) is 0 Å². The van der Waals surface area contributed by atoms with Gasteiger partial charge in [0, 0.05) is 33.4 Å². The number of benzene rings is 7. The minimum atomic E-state index is 0.376. The number of fused-ring (bicyclic) bond motifs is 3. The van der Waals surface area contributed by atoms with E-state index in [9.17, 15) is 0 Å². The van der Waals surface area contributed by atoms with Gasteiger partial charge in [-0.1, -0.05) is 176 Å². The number of rotatable bonds is 8. The van der Waals surface area contributed by atoms with Crippen molar-refractivity contribution in [1.82, 2.24) is 24.9 Å². The highest BCUT2D eigenvalue weighted by molar-refractivity contribution is 6.05. The van der Waals surface area contributed by atoms with Crippen molar-refractivity contribution in [1.29, 1.82) is 0 Å². The summed E-state index contributed by atoms with van der Waals surface area (Å²) in [6, 6.07) is 63.6. The predicted molar refractivity (Wildman–Crippen MR) is 239 cm³/mol. The second-order valence-electron chi connectivity index (χ2n) is 16.2. The SMILES string of the molecule is c1ccc(-c2nc(-c3ccc(C45CCC(CC4)C5)cc3)cc(-c3ccc(-c4ccc(-c5nc(-c6ccccc6)nc(-c6ccccc6)n5)cc4)c4ccccc34)n2)cc1. The number of nitrogens with zero attached hydrogens (tertiary/aromatic N) is 5. The summed E-state index contributed by atoms with van der Waals surface area (Å²) in [4.78, 5) is 25.2. The third-order valence-electron chi connectivity index (χ3n) is 12.6. The Morgan fingerprint density at radius 2 is 0.780 bits per heavy atom. The molecule has 2 aliphatic rings. The van der Waals surface area contributed by atoms with E-state index in [1.807, 2.05) is 66.7 Å². The standard InChI is InChI=1S/C54H41N5/c1-4-12-39(13-5-1)50-55-48(38-24-26-43(27-25-38)54-32-30-36(35-54)31-33-54)34-49(56-50)47-29-28-44(45-18-10-11-19-46(45)47)37-20-22-42(23-21-37)53-58-51(40-14-6-2-7-15-40)57-52(59-53)41-16-8-3-9-17-41/h1-29,34,36H,30-33,35H2. The largest absolute Gasteiger partial charge is 0.228 e. The second kappa shape index (κ2) is 14.7. The molecule has 5 heteroatoms. The van der Waals surface area contributed by atoms with E-state index in [-0.39, 0.29) is 0 Å². The van der Waals surface area contributed by atoms with Crippen LogP contribution < -0.4 is 0 Å². The van der Waals surface area contributed by atoms with Crippen LogP contribution in [0.3, 0.4) is 0 Å². The van der Waals surface area contributed by atoms with Gasteiger partial charge in [-0.3, -0.25) is 0 Å². The summed E-state index contributed by atoms with van der Waals surface area (Å²) < 4.78 is 0. The first kappa shape index (κ1) is 35.1. The molecule has 282 valence electrons. The smallest absolute Gasteiger partial charge is 0.164 e. The van der Waals surface area contributed by atoms with E-state index in [1.165, 1.54) is 37.7 Å². The maximum absolute atomic E-state index is 5.24. The zero-order valence-corrected chi connectivity index (χ0v) is 32.7. The third kappa shape index (κ3) is 6.59. The Balaban J connectivity index is 0.971. The Labute approximate surface area is 344 Å². The normalized spacial score (nSPS) is 17.1. The van der Waals surface area contributed by atoms with Crippen LogP contribution in [0, 0.1) is 5.92 Å². The van der Waals surface area contributed by atoms with Crippen molar-refractivity contribution >= 4 is 10.8 Å². The van der Waals surface area contributed by atoms with Crippen LogP contribution in [0.1, 0.15) is 37.7 Å². The van der Waals surface area contributed by atoms with Crippen LogP contribution in [-0.4, -0.2) is 24.9 Å². The molecule has 2 bridgehead atoms. The van der Waals surface area contributed by atoms with E-state index in [0.717, 1.165) is 78.4 Å². The second-order valence-corrected chi connectivity index (χ2v) is 16.2. The molecule has 2 fully saturated rings. The fraction of sp³-hybridized carbons (Fsp3) is 0.130. The van der Waals surface area contributed by atoms with Gasteiger partial charge in [0.2, 0.25) is 0 Å². The quantitative estimate of drug-likeness (QED) is 0.154. The van der Waals surface area contributed by atoms with Crippen molar-refractivity contribution in [3.05, 3.63) is 188 Å². The van der Waals surface area contributed by atoms with Gasteiger partial charge in [0.25, 0.3) is 0 Å². The first-order valence-corrected chi connectivity index (χ1v) is 20.7. The summed E-state index contributed by atoms with van der Waals surface area (Å²) in [6.45, 7) is 0. The summed E-state index contributed by atoms with van der Waals surface area (Å²) in [5.74, 6) is 3.57. The molecule has 2 aromatic heterocycles. The van der Waals surface area contributed by atoms with Gasteiger partial charge in [0.1, 0.15) is 0 Å². The lowest BCUT2D eigenvalue weighted by Crippen LogP contribution is -2.19. The van der Waals surface area contributed by atoms with E-state index in [2.05, 4.69) is 115 Å². The molecule has 11 rings (SSSR count). The summed E-state index contributed by atoms with van der Waals surface area (Å²) in [5.41, 5.74) is 12.0. The molecule has 2 heterocycles. The zero-order chi connectivity index (χ0) is 39.2. The average molecular weight is 760 g/mol. The van der Waals surface area contributed by atoms with Gasteiger partial charge in [-0.2, -0.15) is 0 Å². The van der Waals surface area contributed by atoms with Crippen molar-refractivity contribution < 1.29 is 0 Å². The highest BCUT2D eigenvalue weighted by Crippen LogP contribution is 2.55. The van der Waals surface area contributed by atoms with Crippen molar-refractivity contribution in [2.24, 2.45) is 5.92 Å². The molecule has 0 spiro atoms. The molecule has 0 saturated heterocycles. The molecule has 0 N–H and O–H groups in total. The lowest BCUT2D eigenvalue weighted by atomic mass is 9.77. The summed E-state index contributed by atoms with van der Waals surface area (Å²) >= 11 is 0. The molecule has 0 atom stereocenters. The zero-order valence-electron chi connectivity index (χ0n) is 32.7. The minimum Gasteiger partial charge on any atom is -0.228 e. The van der Waals surface area contributed by atoms with E-state index in [4.69, 9.17) is 24.9 Å². The highest BCUT2D eigenvalue weighted by atomic mass is 15.0. The molecule has 7 aromatic carbocycles. The van der Waals surface area contributed by atoms with Gasteiger partial charge in [0.05, 0.1) is 11.4 Å². The molecule has 5 nitrogen and oxygen atoms in total. The van der Waals surface area contributed by atoms with Crippen LogP contribution in [0.5, 0.6) is 0 Å². The highest BCUT2D eigenvalue weighted by Gasteiger charge is 2.45. The van der Waals surface area contributed by atoms with Gasteiger partial charge < -0.3 is 0 Å². The minimum absolute atomic E-state index is 0.376. The summed E-state index contributed by atoms with van der Waals surface area (Å²) in [7, 11) is 0. The fourth-order valence-electron chi connectivity index (χ4n) is 9.55. The Morgan fingerprint density at radius 1 is 0.356 bits per heavy atom. The number of aromatic nitrogens is 5. The topological polar surface area (TPSA) is 64.5 Å². The maximum atomic E-state index is 5.24. The first-order valence-electron chi connectivity index (χ1n) is 20.7. The lowest BCUT2D eigenvalue weighted by Gasteiger charge is -2.27. The van der Waals surface area contributed by atoms with Crippen LogP contribution in [0.15, 0.2) is 182 Å². The molecular formula is C54H41N5. The van der Waals surface area contributed by atoms with Crippen molar-refractivity contribution in [3.63, 3.8) is 0 Å². The monoisotopic (exact) mass is 759 g/mol. The van der Waals surface area contributed by atoms with Gasteiger partial charge in [-0.25, -0.2) is 24.9 Å². The van der Waals surface area contributed by atoms with Crippen LogP contribution in [0.4, 0.5) is 0 Å². The average Bonchev–Trinajstić information content (AvgIpc) is 3.95. The van der Waals surface area contributed by atoms with E-state index < -0.39 is 0 Å². The first-order chi connectivity index (χ1) is 29.2. The molecule has 0 aliphatic heterocycles. The van der Waals surface area contributed by atoms with E-state index in [0.29, 0.717) is 22.9 Å². The summed E-state index contributed by atoms with van der Waals surface area (Å²) in [6.07, 6.45) is 6.75. The Bertz CT molecular complexity index is 2880. The van der Waals surface area contributed by atoms with E-state index >= 15 is 0 Å². The van der Waals surface area contributed by atoms with Crippen LogP contribution >= 0.6 is 0 Å². The Morgan fingerprint density at radius 3 is 1.31 bits per heavy atom. The maximum Gasteiger partial charge on any atom is 0.164 e. The van der Waals surface area contributed by atoms with E-state index in [1.54, 1.807) is 0 Å². The fourth-order valence-corrected chi connectivity index (χ4v) is 9.55. The third-order valence-corrected chi connectivity index (χ3v) is 12.6. The van der Waals surface area contributed by atoms with Crippen LogP contribution in [-0.2, 0) is 5.41 Å². The lowest BCUT2D eigenvalue weighted by molar-refractivity contribution is 0.419. The Kier molecular flexibility index (Phi) is 8.73. The molecule has 0 radical (unpaired) electrons. The number of hydrogen-bond acceptors (Lipinski definition) is 5. The van der Waals surface area contributed by atoms with Gasteiger partial charge in [-0.05, 0) is 77.0 Å². The Hall–Kier alpha value is -7.11. The predicted octanol–water partition coefficient (Wildman–Crippen LogP) is 13.3. The number of hydrogen-bond donors (Lipinski definition) is 0. The molecule has 2 saturated carbocycles. The van der Waals surface area contributed by atoms with Gasteiger partial charge in [0.15, 0.2) is 23.3 Å². The van der Waals surface area contributed by atoms with Crippen LogP contribution in [0.25, 0.3) is 90.0 Å². The molecule has 2 aliphatic carbocycles. The van der Waals surface area contributed by atoms with Crippen molar-refractivity contribution in [2.45, 2.75) is 37.5 Å². The molecule has 0 unspecified atom stereocenters. The molecule has 59 heavy (non-hydrogen) atoms. The molecular weight excluding hydrogens is 719 g/mol. The summed E-state index contributed by atoms with van der Waals surface area (Å²) in [5, 5.41) is 2.30. The molecule has 0 amide bonds. The van der Waals surface area contributed by atoms with Crippen LogP contribution in [0.2, 0.25) is 0 Å². The van der Waals surface area contributed by atoms with Crippen molar-refractivity contribution in [3.8, 4) is 79.2 Å². The molecule has 9 aromatic rings.